The zero-order valence-corrected chi connectivity index (χ0v) is 15.0. The summed E-state index contributed by atoms with van der Waals surface area (Å²) < 4.78 is 65.2. The second kappa shape index (κ2) is 7.65. The number of hydrogen-bond acceptors (Lipinski definition) is 3. The second-order valence-corrected chi connectivity index (χ2v) is 7.52. The molecule has 140 valence electrons. The molecule has 0 bridgehead atoms. The van der Waals surface area contributed by atoms with Crippen molar-refractivity contribution in [1.29, 1.82) is 0 Å². The number of benzene rings is 2. The molecule has 0 spiro atoms. The lowest BCUT2D eigenvalue weighted by Gasteiger charge is -2.12. The van der Waals surface area contributed by atoms with E-state index < -0.39 is 26.8 Å². The zero-order valence-electron chi connectivity index (χ0n) is 13.4. The van der Waals surface area contributed by atoms with Crippen LogP contribution in [-0.2, 0) is 27.5 Å². The SMILES string of the molecule is CC(=O)Nc1ccc(S(=O)(=O)NCc2ccc(Cl)c(C(F)(F)F)c2)cc1. The number of anilines is 1. The van der Waals surface area contributed by atoms with Crippen LogP contribution in [0.25, 0.3) is 0 Å². The standard InChI is InChI=1S/C16H14ClF3N2O3S/c1-10(23)22-12-3-5-13(6-4-12)26(24,25)21-9-11-2-7-15(17)14(8-11)16(18,19)20/h2-8,21H,9H2,1H3,(H,22,23). The minimum atomic E-state index is -4.63. The Morgan fingerprint density at radius 3 is 2.27 bits per heavy atom. The van der Waals surface area contributed by atoms with E-state index in [0.29, 0.717) is 5.69 Å². The topological polar surface area (TPSA) is 75.3 Å². The van der Waals surface area contributed by atoms with E-state index in [9.17, 15) is 26.4 Å². The van der Waals surface area contributed by atoms with Crippen molar-refractivity contribution in [2.45, 2.75) is 24.5 Å². The second-order valence-electron chi connectivity index (χ2n) is 5.34. The van der Waals surface area contributed by atoms with Gasteiger partial charge in [-0.05, 0) is 42.0 Å². The van der Waals surface area contributed by atoms with Crippen LogP contribution < -0.4 is 10.0 Å². The van der Waals surface area contributed by atoms with Crippen molar-refractivity contribution < 1.29 is 26.4 Å². The molecule has 10 heteroatoms. The number of nitrogens with one attached hydrogen (secondary N) is 2. The normalized spacial score (nSPS) is 12.0. The van der Waals surface area contributed by atoms with E-state index in [1.165, 1.54) is 37.3 Å². The minimum absolute atomic E-state index is 0.0865. The van der Waals surface area contributed by atoms with E-state index >= 15 is 0 Å². The zero-order chi connectivity index (χ0) is 19.5. The maximum Gasteiger partial charge on any atom is 0.417 e. The summed E-state index contributed by atoms with van der Waals surface area (Å²) in [4.78, 5) is 10.9. The molecule has 0 aromatic heterocycles. The van der Waals surface area contributed by atoms with E-state index in [-0.39, 0.29) is 22.9 Å². The third-order valence-corrected chi connectivity index (χ3v) is 5.03. The van der Waals surface area contributed by atoms with Gasteiger partial charge >= 0.3 is 6.18 Å². The predicted molar refractivity (Wildman–Crippen MR) is 91.2 cm³/mol. The number of halogens is 4. The fourth-order valence-corrected chi connectivity index (χ4v) is 3.32. The molecule has 0 saturated heterocycles. The highest BCUT2D eigenvalue weighted by molar-refractivity contribution is 7.89. The Labute approximate surface area is 153 Å². The van der Waals surface area contributed by atoms with Crippen molar-refractivity contribution in [2.75, 3.05) is 5.32 Å². The summed E-state index contributed by atoms with van der Waals surface area (Å²) in [6, 6.07) is 8.52. The van der Waals surface area contributed by atoms with Gasteiger partial charge in [0, 0.05) is 19.2 Å². The first-order valence-corrected chi connectivity index (χ1v) is 9.08. The Morgan fingerprint density at radius 1 is 1.12 bits per heavy atom. The van der Waals surface area contributed by atoms with Crippen molar-refractivity contribution >= 4 is 33.2 Å². The highest BCUT2D eigenvalue weighted by atomic mass is 35.5. The van der Waals surface area contributed by atoms with Gasteiger partial charge in [0.05, 0.1) is 15.5 Å². The number of carbonyl (C=O) groups is 1. The maximum atomic E-state index is 12.8. The van der Waals surface area contributed by atoms with E-state index in [2.05, 4.69) is 10.0 Å². The minimum Gasteiger partial charge on any atom is -0.326 e. The van der Waals surface area contributed by atoms with Crippen LogP contribution in [0.5, 0.6) is 0 Å². The Balaban J connectivity index is 2.14. The van der Waals surface area contributed by atoms with Gasteiger partial charge in [-0.25, -0.2) is 13.1 Å². The van der Waals surface area contributed by atoms with Crippen molar-refractivity contribution in [2.24, 2.45) is 0 Å². The number of alkyl halides is 3. The molecule has 0 aliphatic carbocycles. The average Bonchev–Trinajstić information content (AvgIpc) is 2.53. The summed E-state index contributed by atoms with van der Waals surface area (Å²) >= 11 is 5.53. The van der Waals surface area contributed by atoms with Gasteiger partial charge in [-0.3, -0.25) is 4.79 Å². The third kappa shape index (κ3) is 5.20. The molecular weight excluding hydrogens is 393 g/mol. The predicted octanol–water partition coefficient (Wildman–Crippen LogP) is 3.80. The molecule has 2 aromatic carbocycles. The monoisotopic (exact) mass is 406 g/mol. The van der Waals surface area contributed by atoms with Crippen LogP contribution in [0.1, 0.15) is 18.1 Å². The van der Waals surface area contributed by atoms with Gasteiger partial charge in [-0.2, -0.15) is 13.2 Å². The fourth-order valence-electron chi connectivity index (χ4n) is 2.08. The van der Waals surface area contributed by atoms with Crippen LogP contribution in [0.3, 0.4) is 0 Å². The molecule has 2 N–H and O–H groups in total. The maximum absolute atomic E-state index is 12.8. The summed E-state index contributed by atoms with van der Waals surface area (Å²) in [6.45, 7) is 0.976. The van der Waals surface area contributed by atoms with Crippen LogP contribution in [-0.4, -0.2) is 14.3 Å². The molecule has 0 atom stereocenters. The Morgan fingerprint density at radius 2 is 1.73 bits per heavy atom. The van der Waals surface area contributed by atoms with Gasteiger partial charge in [0.25, 0.3) is 0 Å². The van der Waals surface area contributed by atoms with Gasteiger partial charge < -0.3 is 5.32 Å². The van der Waals surface area contributed by atoms with Gasteiger partial charge in [-0.1, -0.05) is 17.7 Å². The van der Waals surface area contributed by atoms with Crippen molar-refractivity contribution in [3.63, 3.8) is 0 Å². The molecule has 2 aromatic rings. The summed E-state index contributed by atoms with van der Waals surface area (Å²) in [7, 11) is -3.94. The molecule has 0 unspecified atom stereocenters. The number of sulfonamides is 1. The Hall–Kier alpha value is -2.10. The van der Waals surface area contributed by atoms with Crippen molar-refractivity contribution in [3.05, 3.63) is 58.6 Å². The largest absolute Gasteiger partial charge is 0.417 e. The van der Waals surface area contributed by atoms with E-state index in [1.54, 1.807) is 0 Å². The molecule has 1 amide bonds. The molecule has 0 heterocycles. The first-order valence-electron chi connectivity index (χ1n) is 7.22. The van der Waals surface area contributed by atoms with Crippen LogP contribution in [0.15, 0.2) is 47.4 Å². The molecule has 0 aliphatic rings. The fraction of sp³-hybridized carbons (Fsp3) is 0.188. The molecule has 0 radical (unpaired) electrons. The Bertz CT molecular complexity index is 913. The molecular formula is C16H14ClF3N2O3S. The number of hydrogen-bond donors (Lipinski definition) is 2. The van der Waals surface area contributed by atoms with Crippen LogP contribution in [0.4, 0.5) is 18.9 Å². The molecule has 5 nitrogen and oxygen atoms in total. The van der Waals surface area contributed by atoms with Gasteiger partial charge in [-0.15, -0.1) is 0 Å². The summed E-state index contributed by atoms with van der Waals surface area (Å²) in [6.07, 6.45) is -4.63. The van der Waals surface area contributed by atoms with Crippen molar-refractivity contribution in [1.82, 2.24) is 4.72 Å². The first kappa shape index (κ1) is 20.2. The lowest BCUT2D eigenvalue weighted by atomic mass is 10.1. The van der Waals surface area contributed by atoms with Gasteiger partial charge in [0.15, 0.2) is 0 Å². The van der Waals surface area contributed by atoms with E-state index in [4.69, 9.17) is 11.6 Å². The molecule has 2 rings (SSSR count). The summed E-state index contributed by atoms with van der Waals surface area (Å²) in [5, 5.41) is 2.03. The third-order valence-electron chi connectivity index (χ3n) is 3.29. The summed E-state index contributed by atoms with van der Waals surface area (Å²) in [5.74, 6) is -0.304. The lowest BCUT2D eigenvalue weighted by molar-refractivity contribution is -0.137. The average molecular weight is 407 g/mol. The van der Waals surface area contributed by atoms with E-state index in [0.717, 1.165) is 12.1 Å². The van der Waals surface area contributed by atoms with Crippen LogP contribution in [0.2, 0.25) is 5.02 Å². The lowest BCUT2D eigenvalue weighted by Crippen LogP contribution is -2.23. The number of amides is 1. The number of carbonyl (C=O) groups excluding carboxylic acids is 1. The Kier molecular flexibility index (Phi) is 5.94. The smallest absolute Gasteiger partial charge is 0.326 e. The molecule has 0 fully saturated rings. The first-order chi connectivity index (χ1) is 12.0. The molecule has 0 aliphatic heterocycles. The van der Waals surface area contributed by atoms with Gasteiger partial charge in [0.1, 0.15) is 0 Å². The quantitative estimate of drug-likeness (QED) is 0.793. The molecule has 0 saturated carbocycles. The van der Waals surface area contributed by atoms with Crippen LogP contribution in [0, 0.1) is 0 Å². The van der Waals surface area contributed by atoms with E-state index in [1.807, 2.05) is 0 Å². The van der Waals surface area contributed by atoms with Gasteiger partial charge in [0.2, 0.25) is 15.9 Å². The highest BCUT2D eigenvalue weighted by Crippen LogP contribution is 2.35. The highest BCUT2D eigenvalue weighted by Gasteiger charge is 2.33. The van der Waals surface area contributed by atoms with Crippen LogP contribution >= 0.6 is 11.6 Å². The number of rotatable bonds is 5. The van der Waals surface area contributed by atoms with Crippen molar-refractivity contribution in [3.8, 4) is 0 Å². The summed E-state index contributed by atoms with van der Waals surface area (Å²) in [5.41, 5.74) is -0.500. The molecule has 26 heavy (non-hydrogen) atoms.